The molecule has 0 amide bonds. The Morgan fingerprint density at radius 1 is 1.03 bits per heavy atom. The van der Waals surface area contributed by atoms with Crippen LogP contribution in [-0.2, 0) is 28.9 Å². The third-order valence-corrected chi connectivity index (χ3v) is 5.62. The third-order valence-electron chi connectivity index (χ3n) is 5.62. The van der Waals surface area contributed by atoms with Crippen molar-refractivity contribution in [1.29, 1.82) is 0 Å². The molecule has 0 fully saturated rings. The first-order valence-electron chi connectivity index (χ1n) is 11.4. The molecule has 0 aliphatic heterocycles. The summed E-state index contributed by atoms with van der Waals surface area (Å²) in [5.74, 6) is -0.122. The number of carbonyl (C=O) groups is 1. The fraction of sp³-hybridized carbons (Fsp3) is 0.280. The van der Waals surface area contributed by atoms with Gasteiger partial charge in [0.15, 0.2) is 0 Å². The standard InChI is InChI=1S/C25H26N6O4/c1-3-7-21-20(24(33)31(25(34)26-21)15-22(32)35-4-2)14-16-10-12-17(13-11-16)18-8-5-6-9-19(18)23-27-29-30-28-23/h5-6,8-13H,3-4,7,14-15H2,1-2H3,(H,26,34)(H,27,28,29,30). The highest BCUT2D eigenvalue weighted by atomic mass is 16.5. The molecule has 0 saturated carbocycles. The number of H-pyrrole nitrogens is 2. The summed E-state index contributed by atoms with van der Waals surface area (Å²) in [5, 5.41) is 14.3. The Labute approximate surface area is 201 Å². The maximum Gasteiger partial charge on any atom is 0.329 e. The number of nitrogens with zero attached hydrogens (tertiary/aromatic N) is 4. The van der Waals surface area contributed by atoms with Crippen molar-refractivity contribution in [1.82, 2.24) is 30.2 Å². The number of aromatic nitrogens is 6. The van der Waals surface area contributed by atoms with Crippen LogP contribution in [0.2, 0.25) is 0 Å². The van der Waals surface area contributed by atoms with Crippen molar-refractivity contribution in [2.45, 2.75) is 39.7 Å². The molecule has 2 heterocycles. The van der Waals surface area contributed by atoms with Crippen LogP contribution in [0.3, 0.4) is 0 Å². The Bertz CT molecular complexity index is 1420. The highest BCUT2D eigenvalue weighted by Crippen LogP contribution is 2.30. The van der Waals surface area contributed by atoms with Crippen molar-refractivity contribution in [3.63, 3.8) is 0 Å². The summed E-state index contributed by atoms with van der Waals surface area (Å²) < 4.78 is 5.82. The molecule has 10 nitrogen and oxygen atoms in total. The van der Waals surface area contributed by atoms with Gasteiger partial charge >= 0.3 is 11.7 Å². The zero-order chi connectivity index (χ0) is 24.8. The smallest absolute Gasteiger partial charge is 0.329 e. The largest absolute Gasteiger partial charge is 0.465 e. The predicted octanol–water partition coefficient (Wildman–Crippen LogP) is 2.49. The molecule has 2 N–H and O–H groups in total. The van der Waals surface area contributed by atoms with Crippen LogP contribution in [0, 0.1) is 0 Å². The quantitative estimate of drug-likeness (QED) is 0.356. The number of ether oxygens (including phenoxy) is 1. The lowest BCUT2D eigenvalue weighted by atomic mass is 9.96. The summed E-state index contributed by atoms with van der Waals surface area (Å²) in [5.41, 5.74) is 3.64. The first-order chi connectivity index (χ1) is 17.0. The molecule has 0 aliphatic rings. The van der Waals surface area contributed by atoms with Gasteiger partial charge in [-0.3, -0.25) is 9.59 Å². The summed E-state index contributed by atoms with van der Waals surface area (Å²) in [7, 11) is 0. The Kier molecular flexibility index (Phi) is 7.30. The number of benzene rings is 2. The molecule has 4 rings (SSSR count). The Balaban J connectivity index is 1.67. The number of hydrogen-bond acceptors (Lipinski definition) is 7. The van der Waals surface area contributed by atoms with Crippen LogP contribution in [0.1, 0.15) is 37.1 Å². The van der Waals surface area contributed by atoms with Crippen molar-refractivity contribution in [2.75, 3.05) is 6.61 Å². The van der Waals surface area contributed by atoms with Crippen molar-refractivity contribution < 1.29 is 9.53 Å². The lowest BCUT2D eigenvalue weighted by Crippen LogP contribution is -2.41. The minimum Gasteiger partial charge on any atom is -0.465 e. The predicted molar refractivity (Wildman–Crippen MR) is 130 cm³/mol. The van der Waals surface area contributed by atoms with Crippen molar-refractivity contribution >= 4 is 5.97 Å². The van der Waals surface area contributed by atoms with Crippen LogP contribution < -0.4 is 11.2 Å². The van der Waals surface area contributed by atoms with Crippen molar-refractivity contribution in [2.24, 2.45) is 0 Å². The van der Waals surface area contributed by atoms with Gasteiger partial charge in [-0.05, 0) is 35.2 Å². The SMILES string of the molecule is CCCc1[nH]c(=O)n(CC(=O)OCC)c(=O)c1Cc1ccc(-c2ccccc2-c2nn[nH]n2)cc1. The summed E-state index contributed by atoms with van der Waals surface area (Å²) in [6, 6.07) is 15.6. The molecule has 0 saturated heterocycles. The van der Waals surface area contributed by atoms with Crippen LogP contribution in [0.25, 0.3) is 22.5 Å². The number of rotatable bonds is 9. The molecule has 0 radical (unpaired) electrons. The highest BCUT2D eigenvalue weighted by Gasteiger charge is 2.17. The van der Waals surface area contributed by atoms with Gasteiger partial charge in [0.1, 0.15) is 6.54 Å². The van der Waals surface area contributed by atoms with E-state index >= 15 is 0 Å². The Morgan fingerprint density at radius 3 is 2.43 bits per heavy atom. The van der Waals surface area contributed by atoms with Gasteiger partial charge in [-0.25, -0.2) is 9.36 Å². The van der Waals surface area contributed by atoms with E-state index in [0.717, 1.165) is 33.2 Å². The van der Waals surface area contributed by atoms with Crippen LogP contribution in [0.4, 0.5) is 0 Å². The number of carbonyl (C=O) groups excluding carboxylic acids is 1. The Morgan fingerprint density at radius 2 is 1.77 bits per heavy atom. The van der Waals surface area contributed by atoms with Crippen molar-refractivity contribution in [3.05, 3.63) is 86.2 Å². The summed E-state index contributed by atoms with van der Waals surface area (Å²) in [6.45, 7) is 3.40. The minimum absolute atomic E-state index is 0.175. The lowest BCUT2D eigenvalue weighted by molar-refractivity contribution is -0.143. The van der Waals surface area contributed by atoms with Gasteiger partial charge in [0, 0.05) is 23.2 Å². The van der Waals surface area contributed by atoms with E-state index in [0.29, 0.717) is 29.9 Å². The maximum absolute atomic E-state index is 13.2. The normalized spacial score (nSPS) is 10.9. The fourth-order valence-corrected chi connectivity index (χ4v) is 3.99. The number of hydrogen-bond donors (Lipinski definition) is 2. The van der Waals surface area contributed by atoms with E-state index in [1.807, 2.05) is 55.5 Å². The van der Waals surface area contributed by atoms with Crippen LogP contribution in [0.15, 0.2) is 58.1 Å². The molecule has 35 heavy (non-hydrogen) atoms. The van der Waals surface area contributed by atoms with E-state index < -0.39 is 23.8 Å². The van der Waals surface area contributed by atoms with E-state index in [2.05, 4.69) is 25.6 Å². The van der Waals surface area contributed by atoms with E-state index in [9.17, 15) is 14.4 Å². The molecule has 180 valence electrons. The minimum atomic E-state index is -0.626. The molecule has 0 spiro atoms. The summed E-state index contributed by atoms with van der Waals surface area (Å²) in [6.07, 6.45) is 1.63. The third kappa shape index (κ3) is 5.26. The molecule has 4 aromatic rings. The van der Waals surface area contributed by atoms with Gasteiger partial charge in [0.2, 0.25) is 5.82 Å². The second-order valence-electron chi connectivity index (χ2n) is 7.99. The highest BCUT2D eigenvalue weighted by molar-refractivity contribution is 5.80. The lowest BCUT2D eigenvalue weighted by Gasteiger charge is -2.13. The van der Waals surface area contributed by atoms with Crippen LogP contribution in [0.5, 0.6) is 0 Å². The number of aromatic amines is 2. The zero-order valence-electron chi connectivity index (χ0n) is 19.6. The maximum atomic E-state index is 13.2. The van der Waals surface area contributed by atoms with Gasteiger partial charge in [0.05, 0.1) is 6.61 Å². The topological polar surface area (TPSA) is 136 Å². The van der Waals surface area contributed by atoms with Gasteiger partial charge in [-0.2, -0.15) is 5.21 Å². The number of nitrogens with one attached hydrogen (secondary N) is 2. The summed E-state index contributed by atoms with van der Waals surface area (Å²) in [4.78, 5) is 40.4. The van der Waals surface area contributed by atoms with E-state index in [1.54, 1.807) is 6.92 Å². The van der Waals surface area contributed by atoms with Gasteiger partial charge in [-0.15, -0.1) is 10.2 Å². The second-order valence-corrected chi connectivity index (χ2v) is 7.99. The first-order valence-corrected chi connectivity index (χ1v) is 11.4. The van der Waals surface area contributed by atoms with Gasteiger partial charge in [0.25, 0.3) is 5.56 Å². The monoisotopic (exact) mass is 474 g/mol. The molecular formula is C25H26N6O4. The first kappa shape index (κ1) is 23.8. The number of aryl methyl sites for hydroxylation is 1. The number of tetrazole rings is 1. The molecule has 0 bridgehead atoms. The molecule has 10 heteroatoms. The van der Waals surface area contributed by atoms with Crippen LogP contribution in [-0.4, -0.2) is 42.8 Å². The molecule has 0 unspecified atom stereocenters. The molecule has 0 atom stereocenters. The summed E-state index contributed by atoms with van der Waals surface area (Å²) >= 11 is 0. The average Bonchev–Trinajstić information content (AvgIpc) is 3.40. The molecule has 2 aromatic carbocycles. The Hall–Kier alpha value is -4.34. The molecular weight excluding hydrogens is 448 g/mol. The van der Waals surface area contributed by atoms with E-state index in [1.165, 1.54) is 0 Å². The van der Waals surface area contributed by atoms with Crippen LogP contribution >= 0.6 is 0 Å². The number of esters is 1. The average molecular weight is 475 g/mol. The van der Waals surface area contributed by atoms with Crippen molar-refractivity contribution in [3.8, 4) is 22.5 Å². The van der Waals surface area contributed by atoms with E-state index in [4.69, 9.17) is 4.74 Å². The molecule has 0 aliphatic carbocycles. The van der Waals surface area contributed by atoms with E-state index in [-0.39, 0.29) is 6.61 Å². The fourth-order valence-electron chi connectivity index (χ4n) is 3.99. The molecule has 2 aromatic heterocycles. The van der Waals surface area contributed by atoms with Gasteiger partial charge in [-0.1, -0.05) is 61.9 Å². The second kappa shape index (κ2) is 10.7. The van der Waals surface area contributed by atoms with Gasteiger partial charge < -0.3 is 9.72 Å². The zero-order valence-corrected chi connectivity index (χ0v) is 19.6.